The Hall–Kier alpha value is -0.240. The molecule has 12 saturated heterocycles. The molecule has 0 radical (unpaired) electrons. The van der Waals surface area contributed by atoms with E-state index in [-0.39, 0.29) is 44.6 Å². The molecule has 21 atom stereocenters. The van der Waals surface area contributed by atoms with Gasteiger partial charge in [-0.2, -0.15) is 0 Å². The molecule has 6 nitrogen and oxygen atoms in total. The molecule has 105 heavy (non-hydrogen) atoms. The van der Waals surface area contributed by atoms with Crippen LogP contribution in [-0.4, -0.2) is 181 Å². The third kappa shape index (κ3) is 28.6. The van der Waals surface area contributed by atoms with Crippen LogP contribution in [-0.2, 0) is 0 Å². The van der Waals surface area contributed by atoms with E-state index in [0.717, 1.165) is 125 Å². The van der Waals surface area contributed by atoms with Crippen molar-refractivity contribution in [2.45, 2.75) is 381 Å². The highest BCUT2D eigenvalue weighted by atomic mass is 15.4. The van der Waals surface area contributed by atoms with Crippen molar-refractivity contribution in [2.75, 3.05) is 124 Å². The summed E-state index contributed by atoms with van der Waals surface area (Å²) in [6.45, 7) is 80.3. The molecule has 6 spiro atoms. The molecule has 630 valence electrons. The van der Waals surface area contributed by atoms with E-state index in [4.69, 9.17) is 0 Å². The van der Waals surface area contributed by atoms with Gasteiger partial charge in [0.25, 0.3) is 0 Å². The minimum Gasteiger partial charge on any atom is -0.358 e. The van der Waals surface area contributed by atoms with E-state index in [1.165, 1.54) is 357 Å². The van der Waals surface area contributed by atoms with Gasteiger partial charge in [0.05, 0.1) is 155 Å². The van der Waals surface area contributed by atoms with Crippen LogP contribution in [0.15, 0.2) is 0 Å². The van der Waals surface area contributed by atoms with Crippen molar-refractivity contribution in [1.29, 1.82) is 0 Å². The quantitative estimate of drug-likeness (QED) is 0.168. The van der Waals surface area contributed by atoms with Crippen LogP contribution >= 0.6 is 0 Å². The summed E-state index contributed by atoms with van der Waals surface area (Å²) in [6, 6.07) is 4.48. The Balaban J connectivity index is 0.000000623. The van der Waals surface area contributed by atoms with Crippen LogP contribution in [0.2, 0.25) is 0 Å². The van der Waals surface area contributed by atoms with Gasteiger partial charge < -0.3 is 71.5 Å². The lowest BCUT2D eigenvalue weighted by Gasteiger charge is -2.47. The molecule has 0 aromatic heterocycles. The molecule has 12 fully saturated rings. The van der Waals surface area contributed by atoms with Crippen LogP contribution < -0.4 is 0 Å². The number of nitrogens with zero attached hydrogens (tertiary/aromatic N) is 6. The summed E-state index contributed by atoms with van der Waals surface area (Å²) in [5, 5.41) is 0. The van der Waals surface area contributed by atoms with E-state index in [1.54, 1.807) is 0 Å². The average molecular weight is 1480 g/mol. The molecule has 0 aliphatic carbocycles. The monoisotopic (exact) mass is 1480 g/mol. The van der Waals surface area contributed by atoms with Crippen molar-refractivity contribution < 1.29 is 26.9 Å². The fraction of sp³-hybridized carbons (Fsp3) is 0.939. The van der Waals surface area contributed by atoms with E-state index in [1.807, 2.05) is 0 Å². The van der Waals surface area contributed by atoms with E-state index in [2.05, 4.69) is 145 Å². The van der Waals surface area contributed by atoms with Gasteiger partial charge >= 0.3 is 0 Å². The predicted octanol–water partition coefficient (Wildman–Crippen LogP) is 26.3. The topological polar surface area (TPSA) is 0 Å². The number of hydrogen-bond acceptors (Lipinski definition) is 0. The number of rotatable bonds is 0. The lowest BCUT2D eigenvalue weighted by Crippen LogP contribution is -2.59. The first-order valence-electron chi connectivity index (χ1n) is 46.2. The first kappa shape index (κ1) is 103. The second-order valence-electron chi connectivity index (χ2n) is 41.5. The van der Waals surface area contributed by atoms with Crippen LogP contribution in [0.1, 0.15) is 351 Å². The van der Waals surface area contributed by atoms with Gasteiger partial charge in [-0.15, -0.1) is 0 Å². The lowest BCUT2D eigenvalue weighted by atomic mass is 9.81. The molecular weight excluding hydrogens is 1270 g/mol. The third-order valence-electron chi connectivity index (χ3n) is 34.4. The van der Waals surface area contributed by atoms with E-state index in [9.17, 15) is 0 Å². The zero-order chi connectivity index (χ0) is 72.2. The summed E-state index contributed by atoms with van der Waals surface area (Å²) in [5.74, 6) is 14.8. The van der Waals surface area contributed by atoms with Crippen molar-refractivity contribution in [3.63, 3.8) is 0 Å². The highest BCUT2D eigenvalue weighted by Crippen LogP contribution is 2.43. The summed E-state index contributed by atoms with van der Waals surface area (Å²) in [7, 11) is 0. The maximum atomic E-state index is 2.55. The fourth-order valence-electron chi connectivity index (χ4n) is 25.7. The molecular formula is C99H204N6. The molecule has 12 heterocycles. The van der Waals surface area contributed by atoms with Crippen molar-refractivity contribution in [3.8, 4) is 0 Å². The van der Waals surface area contributed by atoms with Crippen molar-refractivity contribution in [2.24, 2.45) is 94.7 Å². The summed E-state index contributed by atoms with van der Waals surface area (Å²) < 4.78 is 8.75. The first-order chi connectivity index (χ1) is 47.1. The van der Waals surface area contributed by atoms with Crippen molar-refractivity contribution >= 4 is 0 Å². The number of hydrogen-bond donors (Lipinski definition) is 0. The standard InChI is InChI=1S/3C16H32N.3C15H30N.6CH3/c1-13-9-12-17(10-7-5-6-8-11-17)16(4)15(3)14(13)2;1-13-11-14(2)16(4)17(12-15(13)3)9-7-5-6-8-10-17;1-13-11-14(2)15(3)16(4)17(12-13)9-7-5-6-8-10-17;1-13-8-9-14(2)16(15(3)12-13)10-6-4-5-7-11-16;1-13-8-11-16(12-14(2)15(13)3)9-6-4-5-7-10-16;1-13-10-14(2)15(3)12-16(11-13)8-6-4-5-7-9-16;;;;;;/h3*13-16H,5-12H2,1-4H3;3*13-15H,4-12H2,1-3H3;6*1H3/q6*+1;6*-1. The molecule has 0 aromatic carbocycles. The second-order valence-corrected chi connectivity index (χ2v) is 41.5. The fourth-order valence-corrected chi connectivity index (χ4v) is 25.7. The molecule has 0 aromatic rings. The Morgan fingerprint density at radius 2 is 0.543 bits per heavy atom. The largest absolute Gasteiger partial charge is 0.358 e. The Labute approximate surface area is 667 Å². The van der Waals surface area contributed by atoms with Gasteiger partial charge in [-0.3, -0.25) is 0 Å². The Morgan fingerprint density at radius 1 is 0.181 bits per heavy atom. The van der Waals surface area contributed by atoms with Gasteiger partial charge in [0, 0.05) is 53.8 Å². The second kappa shape index (κ2) is 48.9. The smallest absolute Gasteiger partial charge is 0.0890 e. The maximum absolute atomic E-state index is 2.55. The SMILES string of the molecule is CC1CC(C)C(C)C(C)[N+]2(CCCCCC2)C1.CC1CC(C)C(C)C[N+]2(CCCCCC2)C1.CC1CC(C)C(C)[N+]2(CCCCCC2)CC1C.CC1CCC(C)[N+]2(CCCCCC2)C(C)C1.CC1CC[N+]2(CCCCCC2)C(C)C(C)C1C.CC1CC[N+]2(CCCCCC2)CC(C)C1C.[CH3-].[CH3-].[CH3-].[CH3-].[CH3-].[CH3-]. The minimum atomic E-state index is 0. The summed E-state index contributed by atoms with van der Waals surface area (Å²) in [6.07, 6.45) is 47.1. The van der Waals surface area contributed by atoms with E-state index >= 15 is 0 Å². The van der Waals surface area contributed by atoms with Crippen LogP contribution in [0.5, 0.6) is 0 Å². The van der Waals surface area contributed by atoms with Gasteiger partial charge in [-0.05, 0) is 281 Å². The molecule has 21 unspecified atom stereocenters. The normalized spacial score (nSPS) is 39.3. The highest BCUT2D eigenvalue weighted by molar-refractivity contribution is 4.82. The van der Waals surface area contributed by atoms with Gasteiger partial charge in [-0.1, -0.05) is 111 Å². The minimum absolute atomic E-state index is 0. The van der Waals surface area contributed by atoms with E-state index < -0.39 is 0 Å². The average Bonchev–Trinajstić information content (AvgIpc) is 1.72. The first-order valence-corrected chi connectivity index (χ1v) is 46.2. The van der Waals surface area contributed by atoms with Crippen molar-refractivity contribution in [3.05, 3.63) is 44.6 Å². The van der Waals surface area contributed by atoms with Crippen LogP contribution in [0.25, 0.3) is 0 Å². The Bertz CT molecular complexity index is 2130. The summed E-state index contributed by atoms with van der Waals surface area (Å²) in [4.78, 5) is 0. The van der Waals surface area contributed by atoms with Gasteiger partial charge in [0.1, 0.15) is 0 Å². The molecule has 12 aliphatic heterocycles. The molecule has 6 heteroatoms. The van der Waals surface area contributed by atoms with Crippen LogP contribution in [0.3, 0.4) is 0 Å². The van der Waals surface area contributed by atoms with Crippen LogP contribution in [0.4, 0.5) is 0 Å². The number of quaternary nitrogens is 6. The summed E-state index contributed by atoms with van der Waals surface area (Å²) >= 11 is 0. The van der Waals surface area contributed by atoms with Gasteiger partial charge in [0.15, 0.2) is 0 Å². The van der Waals surface area contributed by atoms with Crippen LogP contribution in [0, 0.1) is 139 Å². The van der Waals surface area contributed by atoms with E-state index in [0.29, 0.717) is 0 Å². The Kier molecular flexibility index (Phi) is 47.8. The molecule has 12 rings (SSSR count). The molecule has 12 aliphatic rings. The maximum Gasteiger partial charge on any atom is 0.0890 e. The predicted molar refractivity (Wildman–Crippen MR) is 474 cm³/mol. The molecule has 0 bridgehead atoms. The molecule has 0 saturated carbocycles. The highest BCUT2D eigenvalue weighted by Gasteiger charge is 2.48. The molecule has 0 amide bonds. The summed E-state index contributed by atoms with van der Waals surface area (Å²) in [5.41, 5.74) is 0. The Morgan fingerprint density at radius 3 is 1.03 bits per heavy atom. The lowest BCUT2D eigenvalue weighted by molar-refractivity contribution is -0.969. The van der Waals surface area contributed by atoms with Gasteiger partial charge in [0.2, 0.25) is 0 Å². The third-order valence-corrected chi connectivity index (χ3v) is 34.4. The zero-order valence-electron chi connectivity index (χ0n) is 77.9. The van der Waals surface area contributed by atoms with Crippen molar-refractivity contribution in [1.82, 2.24) is 0 Å². The van der Waals surface area contributed by atoms with Gasteiger partial charge in [-0.25, -0.2) is 0 Å². The zero-order valence-corrected chi connectivity index (χ0v) is 77.9. The molecule has 0 N–H and O–H groups in total.